The number of aromatic hydroxyl groups is 1. The summed E-state index contributed by atoms with van der Waals surface area (Å²) >= 11 is 0. The standard InChI is InChI=1S/C21H27FOSi/c1-14(2)24(15(3)4,16(5)6)12-11-20-19-9-8-18(23)13-17(19)7-10-21(20)22/h7-10,13-16,23H,1-6H3. The van der Waals surface area contributed by atoms with Crippen LogP contribution in [0.1, 0.15) is 47.1 Å². The van der Waals surface area contributed by atoms with Gasteiger partial charge in [-0.15, -0.1) is 5.54 Å². The molecule has 0 aliphatic carbocycles. The first-order valence-electron chi connectivity index (χ1n) is 8.64. The van der Waals surface area contributed by atoms with E-state index < -0.39 is 8.07 Å². The van der Waals surface area contributed by atoms with Gasteiger partial charge in [-0.1, -0.05) is 53.5 Å². The van der Waals surface area contributed by atoms with E-state index in [1.165, 1.54) is 6.07 Å². The molecule has 1 nitrogen and oxygen atoms in total. The third-order valence-corrected chi connectivity index (χ3v) is 11.5. The van der Waals surface area contributed by atoms with E-state index in [1.807, 2.05) is 0 Å². The van der Waals surface area contributed by atoms with Gasteiger partial charge in [0.05, 0.1) is 5.56 Å². The van der Waals surface area contributed by atoms with Gasteiger partial charge in [0.25, 0.3) is 0 Å². The summed E-state index contributed by atoms with van der Waals surface area (Å²) in [4.78, 5) is 0. The molecule has 0 unspecified atom stereocenters. The van der Waals surface area contributed by atoms with Gasteiger partial charge in [0.15, 0.2) is 0 Å². The zero-order valence-corrected chi connectivity index (χ0v) is 16.4. The molecule has 2 rings (SSSR count). The number of fused-ring (bicyclic) bond motifs is 1. The number of phenols is 1. The molecule has 0 saturated heterocycles. The van der Waals surface area contributed by atoms with E-state index in [4.69, 9.17) is 0 Å². The smallest absolute Gasteiger partial charge is 0.146 e. The molecule has 1 N–H and O–H groups in total. The Morgan fingerprint density at radius 3 is 2.04 bits per heavy atom. The van der Waals surface area contributed by atoms with Crippen molar-refractivity contribution in [1.82, 2.24) is 0 Å². The van der Waals surface area contributed by atoms with Gasteiger partial charge in [0, 0.05) is 5.39 Å². The summed E-state index contributed by atoms with van der Waals surface area (Å²) < 4.78 is 14.4. The molecule has 2 aromatic carbocycles. The molecule has 3 heteroatoms. The molecule has 0 aliphatic heterocycles. The lowest BCUT2D eigenvalue weighted by Crippen LogP contribution is -2.43. The van der Waals surface area contributed by atoms with Gasteiger partial charge in [-0.3, -0.25) is 0 Å². The summed E-state index contributed by atoms with van der Waals surface area (Å²) in [5, 5.41) is 11.2. The van der Waals surface area contributed by atoms with Crippen LogP contribution in [0.25, 0.3) is 10.8 Å². The Hall–Kier alpha value is -1.79. The number of benzene rings is 2. The highest BCUT2D eigenvalue weighted by Crippen LogP contribution is 2.41. The van der Waals surface area contributed by atoms with Crippen LogP contribution in [-0.4, -0.2) is 13.2 Å². The highest BCUT2D eigenvalue weighted by atomic mass is 28.3. The summed E-state index contributed by atoms with van der Waals surface area (Å²) in [5.41, 5.74) is 5.55. The van der Waals surface area contributed by atoms with Gasteiger partial charge >= 0.3 is 0 Å². The first-order chi connectivity index (χ1) is 11.2. The molecule has 0 atom stereocenters. The van der Waals surface area contributed by atoms with Gasteiger partial charge < -0.3 is 5.11 Å². The quantitative estimate of drug-likeness (QED) is 0.516. The highest BCUT2D eigenvalue weighted by Gasteiger charge is 2.41. The molecule has 0 bridgehead atoms. The van der Waals surface area contributed by atoms with Gasteiger partial charge in [-0.05, 0) is 46.3 Å². The maximum atomic E-state index is 14.4. The Morgan fingerprint density at radius 1 is 0.917 bits per heavy atom. The Balaban J connectivity index is 2.69. The van der Waals surface area contributed by atoms with Crippen LogP contribution >= 0.6 is 0 Å². The van der Waals surface area contributed by atoms with Crippen LogP contribution in [0, 0.1) is 17.3 Å². The highest BCUT2D eigenvalue weighted by molar-refractivity contribution is 6.90. The third kappa shape index (κ3) is 3.21. The van der Waals surface area contributed by atoms with Crippen molar-refractivity contribution in [2.45, 2.75) is 58.2 Å². The molecule has 24 heavy (non-hydrogen) atoms. The first kappa shape index (κ1) is 18.5. The summed E-state index contributed by atoms with van der Waals surface area (Å²) in [6.07, 6.45) is 0. The molecule has 0 amide bonds. The van der Waals surface area contributed by atoms with E-state index in [1.54, 1.807) is 24.3 Å². The third-order valence-electron chi connectivity index (χ3n) is 5.22. The van der Waals surface area contributed by atoms with Crippen LogP contribution in [-0.2, 0) is 0 Å². The molecule has 128 valence electrons. The van der Waals surface area contributed by atoms with Crippen LogP contribution in [0.15, 0.2) is 30.3 Å². The van der Waals surface area contributed by atoms with Gasteiger partial charge in [0.1, 0.15) is 19.6 Å². The van der Waals surface area contributed by atoms with Crippen LogP contribution in [0.2, 0.25) is 16.6 Å². The molecule has 0 heterocycles. The molecular weight excluding hydrogens is 315 g/mol. The lowest BCUT2D eigenvalue weighted by molar-refractivity contribution is 0.476. The normalized spacial score (nSPS) is 12.1. The minimum Gasteiger partial charge on any atom is -0.508 e. The minimum absolute atomic E-state index is 0.184. The Bertz CT molecular complexity index is 775. The van der Waals surface area contributed by atoms with Gasteiger partial charge in [0.2, 0.25) is 0 Å². The lowest BCUT2D eigenvalue weighted by Gasteiger charge is -2.38. The molecule has 0 fully saturated rings. The molecule has 0 spiro atoms. The first-order valence-corrected chi connectivity index (χ1v) is 10.9. The van der Waals surface area contributed by atoms with E-state index in [9.17, 15) is 9.50 Å². The molecule has 0 saturated carbocycles. The fourth-order valence-electron chi connectivity index (χ4n) is 4.02. The largest absolute Gasteiger partial charge is 0.508 e. The number of phenolic OH excluding ortho intramolecular Hbond substituents is 1. The minimum atomic E-state index is -1.91. The van der Waals surface area contributed by atoms with Crippen LogP contribution in [0.4, 0.5) is 4.39 Å². The molecule has 0 radical (unpaired) electrons. The van der Waals surface area contributed by atoms with E-state index in [0.29, 0.717) is 22.2 Å². The molecule has 0 aliphatic rings. The predicted octanol–water partition coefficient (Wildman–Crippen LogP) is 6.25. The monoisotopic (exact) mass is 342 g/mol. The Kier molecular flexibility index (Phi) is 5.40. The van der Waals surface area contributed by atoms with Crippen LogP contribution in [0.3, 0.4) is 0 Å². The Morgan fingerprint density at radius 2 is 1.50 bits per heavy atom. The molecular formula is C21H27FOSi. The van der Waals surface area contributed by atoms with Crippen molar-refractivity contribution in [2.24, 2.45) is 0 Å². The van der Waals surface area contributed by atoms with Crippen LogP contribution < -0.4 is 0 Å². The van der Waals surface area contributed by atoms with Crippen molar-refractivity contribution in [2.75, 3.05) is 0 Å². The average molecular weight is 343 g/mol. The van der Waals surface area contributed by atoms with Gasteiger partial charge in [-0.25, -0.2) is 4.39 Å². The van der Waals surface area contributed by atoms with Crippen molar-refractivity contribution >= 4 is 18.8 Å². The summed E-state index contributed by atoms with van der Waals surface area (Å²) in [7, 11) is -1.91. The number of hydrogen-bond donors (Lipinski definition) is 1. The Labute approximate surface area is 145 Å². The van der Waals surface area contributed by atoms with E-state index >= 15 is 0 Å². The number of halogens is 1. The fourth-order valence-corrected chi connectivity index (χ4v) is 9.23. The maximum absolute atomic E-state index is 14.4. The summed E-state index contributed by atoms with van der Waals surface area (Å²) in [5.74, 6) is 3.11. The molecule has 0 aromatic heterocycles. The van der Waals surface area contributed by atoms with Crippen LogP contribution in [0.5, 0.6) is 5.75 Å². The fraction of sp³-hybridized carbons (Fsp3) is 0.429. The second-order valence-electron chi connectivity index (χ2n) is 7.47. The zero-order chi connectivity index (χ0) is 18.1. The van der Waals surface area contributed by atoms with Crippen molar-refractivity contribution in [3.63, 3.8) is 0 Å². The predicted molar refractivity (Wildman–Crippen MR) is 103 cm³/mol. The van der Waals surface area contributed by atoms with Crippen molar-refractivity contribution < 1.29 is 9.50 Å². The average Bonchev–Trinajstić information content (AvgIpc) is 2.48. The van der Waals surface area contributed by atoms with E-state index in [0.717, 1.165) is 10.8 Å². The SMILES string of the molecule is CC(C)[Si](C#Cc1c(F)ccc2cc(O)ccc12)(C(C)C)C(C)C. The second kappa shape index (κ2) is 6.99. The second-order valence-corrected chi connectivity index (χ2v) is 13.1. The topological polar surface area (TPSA) is 20.2 Å². The zero-order valence-electron chi connectivity index (χ0n) is 15.4. The van der Waals surface area contributed by atoms with Gasteiger partial charge in [-0.2, -0.15) is 0 Å². The number of hydrogen-bond acceptors (Lipinski definition) is 1. The van der Waals surface area contributed by atoms with Crippen molar-refractivity contribution in [1.29, 1.82) is 0 Å². The van der Waals surface area contributed by atoms with Crippen molar-refractivity contribution in [3.8, 4) is 17.2 Å². The summed E-state index contributed by atoms with van der Waals surface area (Å²) in [6.45, 7) is 13.5. The number of rotatable bonds is 3. The maximum Gasteiger partial charge on any atom is 0.146 e. The van der Waals surface area contributed by atoms with E-state index in [2.05, 4.69) is 53.0 Å². The van der Waals surface area contributed by atoms with E-state index in [-0.39, 0.29) is 11.6 Å². The molecule has 2 aromatic rings. The lowest BCUT2D eigenvalue weighted by atomic mass is 10.0. The summed E-state index contributed by atoms with van der Waals surface area (Å²) in [6, 6.07) is 8.12. The van der Waals surface area contributed by atoms with Crippen molar-refractivity contribution in [3.05, 3.63) is 41.7 Å².